The smallest absolute Gasteiger partial charge is 0.401 e. The fourth-order valence-corrected chi connectivity index (χ4v) is 3.13. The molecule has 9 heteroatoms. The Hall–Kier alpha value is -2.35. The SMILES string of the molecule is O=C(/C=C/c1ccc([N+](=O)[O-])o1)N1CCN(Cc2ccc(Cl)c(Cl)c2)CC1. The van der Waals surface area contributed by atoms with Gasteiger partial charge < -0.3 is 9.32 Å². The van der Waals surface area contributed by atoms with E-state index in [1.165, 1.54) is 24.3 Å². The van der Waals surface area contributed by atoms with E-state index in [-0.39, 0.29) is 17.6 Å². The van der Waals surface area contributed by atoms with Crippen LogP contribution in [-0.4, -0.2) is 46.8 Å². The molecule has 1 fully saturated rings. The van der Waals surface area contributed by atoms with E-state index in [1.807, 2.05) is 12.1 Å². The monoisotopic (exact) mass is 409 g/mol. The summed E-state index contributed by atoms with van der Waals surface area (Å²) in [5.74, 6) is -0.227. The molecule has 0 radical (unpaired) electrons. The molecule has 0 spiro atoms. The highest BCUT2D eigenvalue weighted by Gasteiger charge is 2.20. The first-order valence-corrected chi connectivity index (χ1v) is 9.05. The third-order valence-electron chi connectivity index (χ3n) is 4.26. The van der Waals surface area contributed by atoms with Crippen LogP contribution < -0.4 is 0 Å². The fraction of sp³-hybridized carbons (Fsp3) is 0.278. The molecule has 1 aromatic carbocycles. The van der Waals surface area contributed by atoms with E-state index in [0.717, 1.165) is 25.2 Å². The van der Waals surface area contributed by atoms with Gasteiger partial charge in [0.15, 0.2) is 0 Å². The highest BCUT2D eigenvalue weighted by Crippen LogP contribution is 2.23. The highest BCUT2D eigenvalue weighted by atomic mass is 35.5. The first kappa shape index (κ1) is 19.4. The average molecular weight is 410 g/mol. The topological polar surface area (TPSA) is 79.8 Å². The van der Waals surface area contributed by atoms with Gasteiger partial charge in [-0.1, -0.05) is 29.3 Å². The van der Waals surface area contributed by atoms with E-state index in [0.29, 0.717) is 23.1 Å². The number of hydrogen-bond donors (Lipinski definition) is 0. The van der Waals surface area contributed by atoms with Crippen molar-refractivity contribution in [3.05, 3.63) is 67.9 Å². The minimum Gasteiger partial charge on any atom is -0.401 e. The van der Waals surface area contributed by atoms with E-state index >= 15 is 0 Å². The van der Waals surface area contributed by atoms with Crippen LogP contribution in [0.5, 0.6) is 0 Å². The second-order valence-corrected chi connectivity index (χ2v) is 6.93. The summed E-state index contributed by atoms with van der Waals surface area (Å²) in [6.45, 7) is 3.43. The molecule has 1 aliphatic heterocycles. The standard InChI is InChI=1S/C18H17Cl2N3O4/c19-15-4-1-13(11-16(15)20)12-21-7-9-22(10-8-21)17(24)5-2-14-3-6-18(27-14)23(25)26/h1-6,11H,7-10,12H2/b5-2+. The average Bonchev–Trinajstić information content (AvgIpc) is 3.13. The van der Waals surface area contributed by atoms with Gasteiger partial charge in [0.2, 0.25) is 5.91 Å². The van der Waals surface area contributed by atoms with Crippen LogP contribution in [0.15, 0.2) is 40.8 Å². The molecule has 0 unspecified atom stereocenters. The Morgan fingerprint density at radius 1 is 1.15 bits per heavy atom. The summed E-state index contributed by atoms with van der Waals surface area (Å²) >= 11 is 12.0. The molecule has 0 bridgehead atoms. The van der Waals surface area contributed by atoms with Crippen LogP contribution >= 0.6 is 23.2 Å². The first-order chi connectivity index (χ1) is 12.9. The van der Waals surface area contributed by atoms with E-state index in [9.17, 15) is 14.9 Å². The van der Waals surface area contributed by atoms with E-state index in [1.54, 1.807) is 11.0 Å². The van der Waals surface area contributed by atoms with Crippen LogP contribution in [0, 0.1) is 10.1 Å². The Labute approximate surface area is 165 Å². The normalized spacial score (nSPS) is 15.4. The summed E-state index contributed by atoms with van der Waals surface area (Å²) in [6, 6.07) is 8.29. The van der Waals surface area contributed by atoms with Crippen LogP contribution in [0.3, 0.4) is 0 Å². The van der Waals surface area contributed by atoms with Crippen molar-refractivity contribution in [3.63, 3.8) is 0 Å². The maximum absolute atomic E-state index is 12.3. The lowest BCUT2D eigenvalue weighted by Crippen LogP contribution is -2.47. The number of amides is 1. The Balaban J connectivity index is 1.50. The van der Waals surface area contributed by atoms with Crippen LogP contribution in [0.25, 0.3) is 6.08 Å². The Morgan fingerprint density at radius 2 is 1.89 bits per heavy atom. The number of carbonyl (C=O) groups is 1. The largest absolute Gasteiger partial charge is 0.433 e. The van der Waals surface area contributed by atoms with Gasteiger partial charge in [-0.15, -0.1) is 0 Å². The number of hydrogen-bond acceptors (Lipinski definition) is 5. The minimum atomic E-state index is -0.619. The van der Waals surface area contributed by atoms with Crippen molar-refractivity contribution in [3.8, 4) is 0 Å². The van der Waals surface area contributed by atoms with Crippen LogP contribution in [0.4, 0.5) is 5.88 Å². The summed E-state index contributed by atoms with van der Waals surface area (Å²) in [6.07, 6.45) is 2.81. The number of piperazine rings is 1. The van der Waals surface area contributed by atoms with Crippen LogP contribution in [0.1, 0.15) is 11.3 Å². The lowest BCUT2D eigenvalue weighted by molar-refractivity contribution is -0.402. The van der Waals surface area contributed by atoms with Gasteiger partial charge in [-0.2, -0.15) is 0 Å². The Morgan fingerprint density at radius 3 is 2.52 bits per heavy atom. The maximum Gasteiger partial charge on any atom is 0.433 e. The lowest BCUT2D eigenvalue weighted by atomic mass is 10.2. The highest BCUT2D eigenvalue weighted by molar-refractivity contribution is 6.42. The van der Waals surface area contributed by atoms with Crippen LogP contribution in [-0.2, 0) is 11.3 Å². The molecule has 2 aromatic rings. The number of halogens is 2. The van der Waals surface area contributed by atoms with Crippen LogP contribution in [0.2, 0.25) is 10.0 Å². The van der Waals surface area contributed by atoms with Gasteiger partial charge in [-0.05, 0) is 29.8 Å². The number of carbonyl (C=O) groups excluding carboxylic acids is 1. The van der Waals surface area contributed by atoms with E-state index < -0.39 is 4.92 Å². The molecule has 27 heavy (non-hydrogen) atoms. The molecule has 0 atom stereocenters. The summed E-state index contributed by atoms with van der Waals surface area (Å²) in [7, 11) is 0. The van der Waals surface area contributed by atoms with Crippen molar-refractivity contribution in [2.45, 2.75) is 6.54 Å². The molecular weight excluding hydrogens is 393 g/mol. The molecule has 142 valence electrons. The van der Waals surface area contributed by atoms with Gasteiger partial charge in [-0.25, -0.2) is 0 Å². The molecule has 1 amide bonds. The van der Waals surface area contributed by atoms with E-state index in [4.69, 9.17) is 27.6 Å². The van der Waals surface area contributed by atoms with Crippen molar-refractivity contribution in [2.24, 2.45) is 0 Å². The van der Waals surface area contributed by atoms with Gasteiger partial charge in [0.05, 0.1) is 16.1 Å². The quantitative estimate of drug-likeness (QED) is 0.425. The molecule has 3 rings (SSSR count). The van der Waals surface area contributed by atoms with Gasteiger partial charge in [0.25, 0.3) is 0 Å². The molecule has 0 N–H and O–H groups in total. The second kappa shape index (κ2) is 8.56. The molecule has 2 heterocycles. The molecule has 7 nitrogen and oxygen atoms in total. The van der Waals surface area contributed by atoms with Crippen molar-refractivity contribution in [1.29, 1.82) is 0 Å². The maximum atomic E-state index is 12.3. The Kier molecular flexibility index (Phi) is 6.15. The minimum absolute atomic E-state index is 0.150. The summed E-state index contributed by atoms with van der Waals surface area (Å²) in [5.41, 5.74) is 1.07. The van der Waals surface area contributed by atoms with Crippen molar-refractivity contribution < 1.29 is 14.1 Å². The molecule has 1 saturated heterocycles. The van der Waals surface area contributed by atoms with Gasteiger partial charge in [0.1, 0.15) is 10.7 Å². The molecule has 0 saturated carbocycles. The third-order valence-corrected chi connectivity index (χ3v) is 5.00. The van der Waals surface area contributed by atoms with Gasteiger partial charge in [-0.3, -0.25) is 19.8 Å². The number of benzene rings is 1. The zero-order chi connectivity index (χ0) is 19.4. The summed E-state index contributed by atoms with van der Waals surface area (Å²) in [4.78, 5) is 26.2. The van der Waals surface area contributed by atoms with E-state index in [2.05, 4.69) is 4.90 Å². The Bertz CT molecular complexity index is 873. The second-order valence-electron chi connectivity index (χ2n) is 6.12. The van der Waals surface area contributed by atoms with Gasteiger partial charge in [0, 0.05) is 38.8 Å². The third kappa shape index (κ3) is 5.09. The number of furan rings is 1. The number of rotatable bonds is 5. The van der Waals surface area contributed by atoms with Crippen molar-refractivity contribution in [1.82, 2.24) is 9.80 Å². The summed E-state index contributed by atoms with van der Waals surface area (Å²) in [5, 5.41) is 11.7. The number of nitrogens with zero attached hydrogens (tertiary/aromatic N) is 3. The fourth-order valence-electron chi connectivity index (χ4n) is 2.81. The molecule has 1 aromatic heterocycles. The zero-order valence-corrected chi connectivity index (χ0v) is 15.8. The van der Waals surface area contributed by atoms with Gasteiger partial charge >= 0.3 is 5.88 Å². The summed E-state index contributed by atoms with van der Waals surface area (Å²) < 4.78 is 5.00. The molecular formula is C18H17Cl2N3O4. The predicted molar refractivity (Wildman–Crippen MR) is 103 cm³/mol. The molecule has 0 aliphatic carbocycles. The molecule has 1 aliphatic rings. The zero-order valence-electron chi connectivity index (χ0n) is 14.3. The van der Waals surface area contributed by atoms with Crippen molar-refractivity contribution in [2.75, 3.05) is 26.2 Å². The predicted octanol–water partition coefficient (Wildman–Crippen LogP) is 3.85. The lowest BCUT2D eigenvalue weighted by Gasteiger charge is -2.34. The first-order valence-electron chi connectivity index (χ1n) is 8.30. The van der Waals surface area contributed by atoms with Crippen molar-refractivity contribution >= 4 is 41.1 Å². The number of nitro groups is 1.